The number of benzene rings is 1. The van der Waals surface area contributed by atoms with Gasteiger partial charge in [-0.3, -0.25) is 0 Å². The number of aromatic nitrogens is 2. The van der Waals surface area contributed by atoms with E-state index in [0.29, 0.717) is 23.3 Å². The molecule has 1 aliphatic carbocycles. The third-order valence-corrected chi connectivity index (χ3v) is 3.90. The van der Waals surface area contributed by atoms with Crippen molar-refractivity contribution < 1.29 is 9.74 Å². The molecule has 1 heterocycles. The number of fused-ring (bicyclic) bond motifs is 1. The van der Waals surface area contributed by atoms with E-state index in [4.69, 9.17) is 10.4 Å². The van der Waals surface area contributed by atoms with E-state index in [1.54, 1.807) is 6.07 Å². The predicted molar refractivity (Wildman–Crippen MR) is 72.9 cm³/mol. The Morgan fingerprint density at radius 1 is 1.32 bits per heavy atom. The fourth-order valence-electron chi connectivity index (χ4n) is 2.90. The molecule has 0 aliphatic heterocycles. The van der Waals surface area contributed by atoms with Crippen LogP contribution in [0, 0.1) is 0 Å². The van der Waals surface area contributed by atoms with Gasteiger partial charge >= 0.3 is 0 Å². The van der Waals surface area contributed by atoms with Crippen molar-refractivity contribution >= 4 is 22.4 Å². The maximum absolute atomic E-state index is 10.5. The van der Waals surface area contributed by atoms with Gasteiger partial charge in [-0.15, -0.1) is 0 Å². The summed E-state index contributed by atoms with van der Waals surface area (Å²) in [7, 11) is 1.94. The number of anilines is 2. The van der Waals surface area contributed by atoms with Gasteiger partial charge in [0.05, 0.1) is 17.0 Å². The maximum Gasteiger partial charge on any atom is 0.160 e. The summed E-state index contributed by atoms with van der Waals surface area (Å²) in [6, 6.07) is 3.68. The molecule has 0 amide bonds. The lowest BCUT2D eigenvalue weighted by Gasteiger charge is -2.30. The summed E-state index contributed by atoms with van der Waals surface area (Å²) >= 11 is 0. The molecule has 0 radical (unpaired) electrons. The molecule has 0 saturated heterocycles. The van der Waals surface area contributed by atoms with Gasteiger partial charge in [0.25, 0.3) is 0 Å². The molecule has 1 saturated carbocycles. The molecule has 3 N–H and O–H groups in total. The summed E-state index contributed by atoms with van der Waals surface area (Å²) in [5.74, 6) is 0. The number of hydrogen-bond donors (Lipinski definition) is 2. The van der Waals surface area contributed by atoms with Gasteiger partial charge in [-0.2, -0.15) is 0 Å². The lowest BCUT2D eigenvalue weighted by atomic mass is 10.0. The molecule has 1 fully saturated rings. The van der Waals surface area contributed by atoms with E-state index in [2.05, 4.69) is 10.3 Å². The molecule has 1 aromatic carbocycles. The fourth-order valence-corrected chi connectivity index (χ4v) is 2.90. The molecule has 0 bridgehead atoms. The van der Waals surface area contributed by atoms with E-state index in [1.807, 2.05) is 18.0 Å². The van der Waals surface area contributed by atoms with Gasteiger partial charge in [0.2, 0.25) is 0 Å². The zero-order valence-corrected chi connectivity index (χ0v) is 11.0. The minimum atomic E-state index is -0.598. The molecule has 0 spiro atoms. The van der Waals surface area contributed by atoms with Gasteiger partial charge in [0.15, 0.2) is 11.0 Å². The Morgan fingerprint density at radius 2 is 2.00 bits per heavy atom. The van der Waals surface area contributed by atoms with Crippen LogP contribution in [0.4, 0.5) is 11.4 Å². The lowest BCUT2D eigenvalue weighted by Crippen LogP contribution is -2.39. The van der Waals surface area contributed by atoms with Crippen LogP contribution >= 0.6 is 0 Å². The van der Waals surface area contributed by atoms with Crippen LogP contribution in [0.3, 0.4) is 0 Å². The van der Waals surface area contributed by atoms with Crippen LogP contribution in [0.5, 0.6) is 0 Å². The summed E-state index contributed by atoms with van der Waals surface area (Å²) in [4.78, 5) is 2.00. The van der Waals surface area contributed by atoms with Crippen LogP contribution in [0.1, 0.15) is 25.7 Å². The van der Waals surface area contributed by atoms with Crippen LogP contribution < -0.4 is 10.6 Å². The van der Waals surface area contributed by atoms with Gasteiger partial charge in [-0.25, -0.2) is 4.63 Å². The van der Waals surface area contributed by atoms with Crippen molar-refractivity contribution in [1.29, 1.82) is 0 Å². The van der Waals surface area contributed by atoms with E-state index < -0.39 is 5.60 Å². The topological polar surface area (TPSA) is 88.4 Å². The highest BCUT2D eigenvalue weighted by Crippen LogP contribution is 2.33. The van der Waals surface area contributed by atoms with Crippen molar-refractivity contribution in [2.75, 3.05) is 24.2 Å². The highest BCUT2D eigenvalue weighted by Gasteiger charge is 2.32. The molecule has 6 nitrogen and oxygen atoms in total. The monoisotopic (exact) mass is 262 g/mol. The van der Waals surface area contributed by atoms with Crippen molar-refractivity contribution in [2.24, 2.45) is 0 Å². The molecule has 19 heavy (non-hydrogen) atoms. The highest BCUT2D eigenvalue weighted by atomic mass is 16.6. The Bertz CT molecular complexity index is 589. The molecule has 6 heteroatoms. The lowest BCUT2D eigenvalue weighted by molar-refractivity contribution is 0.0560. The second-order valence-corrected chi connectivity index (χ2v) is 5.42. The SMILES string of the molecule is CN(CC1(O)CCCC1)c1ccc(N)c2nonc12. The molecule has 1 aromatic heterocycles. The van der Waals surface area contributed by atoms with E-state index in [0.717, 1.165) is 31.4 Å². The molecular formula is C13H18N4O2. The number of nitrogens with two attached hydrogens (primary N) is 1. The maximum atomic E-state index is 10.5. The average molecular weight is 262 g/mol. The average Bonchev–Trinajstić information content (AvgIpc) is 2.99. The van der Waals surface area contributed by atoms with Gasteiger partial charge in [0.1, 0.15) is 0 Å². The largest absolute Gasteiger partial charge is 0.397 e. The number of hydrogen-bond acceptors (Lipinski definition) is 6. The van der Waals surface area contributed by atoms with Crippen LogP contribution in [0.2, 0.25) is 0 Å². The summed E-state index contributed by atoms with van der Waals surface area (Å²) in [6.45, 7) is 0.582. The zero-order chi connectivity index (χ0) is 13.5. The molecule has 102 valence electrons. The van der Waals surface area contributed by atoms with Crippen molar-refractivity contribution in [3.05, 3.63) is 12.1 Å². The van der Waals surface area contributed by atoms with E-state index in [-0.39, 0.29) is 0 Å². The van der Waals surface area contributed by atoms with Crippen molar-refractivity contribution in [1.82, 2.24) is 10.3 Å². The number of likely N-dealkylation sites (N-methyl/N-ethyl adjacent to an activating group) is 1. The third kappa shape index (κ3) is 2.12. The predicted octanol–water partition coefficient (Wildman–Crippen LogP) is 1.55. The minimum Gasteiger partial charge on any atom is -0.397 e. The van der Waals surface area contributed by atoms with Crippen LogP contribution in [-0.2, 0) is 0 Å². The van der Waals surface area contributed by atoms with E-state index in [1.165, 1.54) is 0 Å². The van der Waals surface area contributed by atoms with Gasteiger partial charge in [-0.1, -0.05) is 12.8 Å². The number of rotatable bonds is 3. The number of nitrogen functional groups attached to an aromatic ring is 1. The number of aliphatic hydroxyl groups is 1. The second kappa shape index (κ2) is 4.38. The Labute approximate surface area is 111 Å². The normalized spacial score (nSPS) is 18.0. The van der Waals surface area contributed by atoms with Gasteiger partial charge < -0.3 is 15.7 Å². The molecular weight excluding hydrogens is 244 g/mol. The van der Waals surface area contributed by atoms with Crippen LogP contribution in [0.25, 0.3) is 11.0 Å². The van der Waals surface area contributed by atoms with E-state index in [9.17, 15) is 5.11 Å². The van der Waals surface area contributed by atoms with Gasteiger partial charge in [-0.05, 0) is 35.3 Å². The van der Waals surface area contributed by atoms with Crippen molar-refractivity contribution in [3.63, 3.8) is 0 Å². The molecule has 3 rings (SSSR count). The molecule has 0 atom stereocenters. The first-order valence-corrected chi connectivity index (χ1v) is 6.53. The standard InChI is InChI=1S/C13H18N4O2/c1-17(8-13(18)6-2-3-7-13)10-5-4-9(14)11-12(10)16-19-15-11/h4-5,18H,2-3,6-8,14H2,1H3. The summed E-state index contributed by atoms with van der Waals surface area (Å²) < 4.78 is 4.76. The first-order valence-electron chi connectivity index (χ1n) is 6.53. The molecule has 2 aromatic rings. The first kappa shape index (κ1) is 12.2. The molecule has 1 aliphatic rings. The van der Waals surface area contributed by atoms with Crippen LogP contribution in [0.15, 0.2) is 16.8 Å². The van der Waals surface area contributed by atoms with Crippen molar-refractivity contribution in [3.8, 4) is 0 Å². The summed E-state index contributed by atoms with van der Waals surface area (Å²) in [5.41, 5.74) is 7.88. The second-order valence-electron chi connectivity index (χ2n) is 5.42. The fraction of sp³-hybridized carbons (Fsp3) is 0.538. The smallest absolute Gasteiger partial charge is 0.160 e. The number of nitrogens with zero attached hydrogens (tertiary/aromatic N) is 3. The highest BCUT2D eigenvalue weighted by molar-refractivity contribution is 5.95. The van der Waals surface area contributed by atoms with E-state index >= 15 is 0 Å². The quantitative estimate of drug-likeness (QED) is 0.816. The Kier molecular flexibility index (Phi) is 2.82. The molecule has 0 unspecified atom stereocenters. The zero-order valence-electron chi connectivity index (χ0n) is 11.0. The van der Waals surface area contributed by atoms with Crippen molar-refractivity contribution in [2.45, 2.75) is 31.3 Å². The first-order chi connectivity index (χ1) is 9.09. The Morgan fingerprint density at radius 3 is 2.74 bits per heavy atom. The minimum absolute atomic E-state index is 0.549. The summed E-state index contributed by atoms with van der Waals surface area (Å²) in [5, 5.41) is 18.2. The third-order valence-electron chi connectivity index (χ3n) is 3.90. The van der Waals surface area contributed by atoms with Crippen LogP contribution in [-0.4, -0.2) is 34.6 Å². The van der Waals surface area contributed by atoms with Gasteiger partial charge in [0, 0.05) is 13.6 Å². The Hall–Kier alpha value is -1.82. The Balaban J connectivity index is 1.91. The summed E-state index contributed by atoms with van der Waals surface area (Å²) in [6.07, 6.45) is 3.89.